The van der Waals surface area contributed by atoms with Crippen molar-refractivity contribution >= 4 is 17.7 Å². The van der Waals surface area contributed by atoms with Gasteiger partial charge in [0.05, 0.1) is 6.04 Å². The van der Waals surface area contributed by atoms with Crippen molar-refractivity contribution in [2.45, 2.75) is 25.8 Å². The second kappa shape index (κ2) is 5.29. The highest BCUT2D eigenvalue weighted by Crippen LogP contribution is 2.46. The molecule has 1 aromatic carbocycles. The number of nitrogens with one attached hydrogen (secondary N) is 1. The summed E-state index contributed by atoms with van der Waals surface area (Å²) in [5, 5.41) is 16.0. The quantitative estimate of drug-likeness (QED) is 0.830. The first-order chi connectivity index (χ1) is 10.5. The van der Waals surface area contributed by atoms with E-state index in [-0.39, 0.29) is 6.04 Å². The molecule has 2 aromatic rings. The van der Waals surface area contributed by atoms with E-state index in [0.29, 0.717) is 18.7 Å². The molecule has 22 heavy (non-hydrogen) atoms. The van der Waals surface area contributed by atoms with Crippen molar-refractivity contribution in [2.75, 3.05) is 5.32 Å². The first kappa shape index (κ1) is 14.3. The molecule has 0 radical (unpaired) electrons. The molecule has 0 spiro atoms. The topological polar surface area (TPSA) is 84.2 Å². The summed E-state index contributed by atoms with van der Waals surface area (Å²) >= 11 is 0. The molecule has 6 heteroatoms. The molecule has 1 atom stereocenters. The molecule has 1 fully saturated rings. The Kier molecular flexibility index (Phi) is 3.44. The molecule has 3 rings (SSSR count). The number of benzene rings is 1. The first-order valence-corrected chi connectivity index (χ1v) is 7.18. The number of hydrogen-bond acceptors (Lipinski definition) is 3. The molecule has 1 aromatic heterocycles. The smallest absolute Gasteiger partial charge is 0.319 e. The van der Waals surface area contributed by atoms with Gasteiger partial charge < -0.3 is 10.4 Å². The molecule has 114 valence electrons. The SMILES string of the molecule is CC(c1ccccc1)n1ccc(NC(=O)C2(C(=O)O)CC2)n1. The Balaban J connectivity index is 1.72. The molecular formula is C16H17N3O3. The van der Waals surface area contributed by atoms with Crippen LogP contribution in [-0.2, 0) is 9.59 Å². The molecule has 0 aliphatic heterocycles. The zero-order valence-electron chi connectivity index (χ0n) is 12.2. The van der Waals surface area contributed by atoms with Crippen molar-refractivity contribution in [1.29, 1.82) is 0 Å². The van der Waals surface area contributed by atoms with Gasteiger partial charge in [0, 0.05) is 12.3 Å². The number of hydrogen-bond donors (Lipinski definition) is 2. The maximum absolute atomic E-state index is 12.0. The first-order valence-electron chi connectivity index (χ1n) is 7.18. The molecule has 1 saturated carbocycles. The van der Waals surface area contributed by atoms with E-state index in [1.165, 1.54) is 0 Å². The van der Waals surface area contributed by atoms with E-state index in [9.17, 15) is 9.59 Å². The fourth-order valence-corrected chi connectivity index (χ4v) is 2.40. The Morgan fingerprint density at radius 2 is 1.95 bits per heavy atom. The average Bonchev–Trinajstić information content (AvgIpc) is 3.22. The Morgan fingerprint density at radius 1 is 1.27 bits per heavy atom. The molecule has 0 saturated heterocycles. The summed E-state index contributed by atoms with van der Waals surface area (Å²) in [4.78, 5) is 23.2. The fraction of sp³-hybridized carbons (Fsp3) is 0.312. The van der Waals surface area contributed by atoms with Gasteiger partial charge in [0.15, 0.2) is 5.82 Å². The lowest BCUT2D eigenvalue weighted by Gasteiger charge is -2.12. The van der Waals surface area contributed by atoms with Crippen molar-refractivity contribution in [3.8, 4) is 0 Å². The number of rotatable bonds is 5. The minimum absolute atomic E-state index is 0.0289. The molecule has 2 N–H and O–H groups in total. The number of nitrogens with zero attached hydrogens (tertiary/aromatic N) is 2. The van der Waals surface area contributed by atoms with Crippen LogP contribution in [-0.4, -0.2) is 26.8 Å². The number of carbonyl (C=O) groups excluding carboxylic acids is 1. The Labute approximate surface area is 127 Å². The highest BCUT2D eigenvalue weighted by molar-refractivity contribution is 6.10. The molecule has 0 bridgehead atoms. The van der Waals surface area contributed by atoms with Gasteiger partial charge in [0.2, 0.25) is 5.91 Å². The van der Waals surface area contributed by atoms with E-state index in [1.54, 1.807) is 16.9 Å². The number of carbonyl (C=O) groups is 2. The van der Waals surface area contributed by atoms with Crippen molar-refractivity contribution in [3.63, 3.8) is 0 Å². The van der Waals surface area contributed by atoms with Crippen LogP contribution in [0, 0.1) is 5.41 Å². The highest BCUT2D eigenvalue weighted by Gasteiger charge is 2.57. The van der Waals surface area contributed by atoms with Gasteiger partial charge in [0.25, 0.3) is 0 Å². The Hall–Kier alpha value is -2.63. The zero-order valence-corrected chi connectivity index (χ0v) is 12.2. The third-order valence-electron chi connectivity index (χ3n) is 4.12. The van der Waals surface area contributed by atoms with Crippen LogP contribution in [0.25, 0.3) is 0 Å². The maximum atomic E-state index is 12.0. The molecular weight excluding hydrogens is 282 g/mol. The van der Waals surface area contributed by atoms with Crippen LogP contribution in [0.5, 0.6) is 0 Å². The van der Waals surface area contributed by atoms with Crippen molar-refractivity contribution < 1.29 is 14.7 Å². The third-order valence-corrected chi connectivity index (χ3v) is 4.12. The molecule has 1 unspecified atom stereocenters. The Bertz CT molecular complexity index is 704. The molecule has 1 heterocycles. The van der Waals surface area contributed by atoms with Crippen LogP contribution >= 0.6 is 0 Å². The minimum atomic E-state index is -1.26. The van der Waals surface area contributed by atoms with E-state index in [0.717, 1.165) is 5.56 Å². The predicted molar refractivity (Wildman–Crippen MR) is 80.4 cm³/mol. The van der Waals surface area contributed by atoms with Gasteiger partial charge in [-0.3, -0.25) is 14.3 Å². The number of amides is 1. The second-order valence-corrected chi connectivity index (χ2v) is 5.61. The van der Waals surface area contributed by atoms with Gasteiger partial charge in [-0.25, -0.2) is 0 Å². The number of carboxylic acids is 1. The van der Waals surface area contributed by atoms with Crippen LogP contribution in [0.15, 0.2) is 42.6 Å². The van der Waals surface area contributed by atoms with E-state index in [4.69, 9.17) is 5.11 Å². The Morgan fingerprint density at radius 3 is 2.55 bits per heavy atom. The van der Waals surface area contributed by atoms with Gasteiger partial charge in [-0.2, -0.15) is 5.10 Å². The van der Waals surface area contributed by atoms with Gasteiger partial charge >= 0.3 is 5.97 Å². The van der Waals surface area contributed by atoms with Crippen molar-refractivity contribution in [2.24, 2.45) is 5.41 Å². The fourth-order valence-electron chi connectivity index (χ4n) is 2.40. The summed E-state index contributed by atoms with van der Waals surface area (Å²) < 4.78 is 1.74. The highest BCUT2D eigenvalue weighted by atomic mass is 16.4. The van der Waals surface area contributed by atoms with E-state index < -0.39 is 17.3 Å². The standard InChI is InChI=1S/C16H17N3O3/c1-11(12-5-3-2-4-6-12)19-10-7-13(18-19)17-14(20)16(8-9-16)15(21)22/h2-7,10-11H,8-9H2,1H3,(H,21,22)(H,17,18,20). The number of aromatic nitrogens is 2. The van der Waals surface area contributed by atoms with Crippen LogP contribution in [0.4, 0.5) is 5.82 Å². The third kappa shape index (κ3) is 2.47. The summed E-state index contributed by atoms with van der Waals surface area (Å²) in [5.74, 6) is -1.18. The molecule has 1 aliphatic rings. The van der Waals surface area contributed by atoms with Gasteiger partial charge in [-0.15, -0.1) is 0 Å². The maximum Gasteiger partial charge on any atom is 0.319 e. The van der Waals surface area contributed by atoms with E-state index >= 15 is 0 Å². The summed E-state index contributed by atoms with van der Waals surface area (Å²) in [5.41, 5.74) is -0.151. The van der Waals surface area contributed by atoms with Gasteiger partial charge in [-0.05, 0) is 25.3 Å². The minimum Gasteiger partial charge on any atom is -0.480 e. The summed E-state index contributed by atoms with van der Waals surface area (Å²) in [6.45, 7) is 2.01. The summed E-state index contributed by atoms with van der Waals surface area (Å²) in [7, 11) is 0. The monoisotopic (exact) mass is 299 g/mol. The van der Waals surface area contributed by atoms with Crippen LogP contribution < -0.4 is 5.32 Å². The zero-order chi connectivity index (χ0) is 15.7. The lowest BCUT2D eigenvalue weighted by molar-refractivity contribution is -0.147. The lowest BCUT2D eigenvalue weighted by Crippen LogP contribution is -2.31. The van der Waals surface area contributed by atoms with Gasteiger partial charge in [-0.1, -0.05) is 30.3 Å². The lowest BCUT2D eigenvalue weighted by atomic mass is 10.1. The second-order valence-electron chi connectivity index (χ2n) is 5.61. The molecule has 1 amide bonds. The largest absolute Gasteiger partial charge is 0.480 e. The van der Waals surface area contributed by atoms with Crippen molar-refractivity contribution in [3.05, 3.63) is 48.2 Å². The van der Waals surface area contributed by atoms with E-state index in [1.807, 2.05) is 37.3 Å². The number of aliphatic carboxylic acids is 1. The van der Waals surface area contributed by atoms with Gasteiger partial charge in [0.1, 0.15) is 5.41 Å². The number of anilines is 1. The normalized spacial score (nSPS) is 16.8. The molecule has 1 aliphatic carbocycles. The average molecular weight is 299 g/mol. The van der Waals surface area contributed by atoms with E-state index in [2.05, 4.69) is 10.4 Å². The van der Waals surface area contributed by atoms with Crippen LogP contribution in [0.3, 0.4) is 0 Å². The number of carboxylic acid groups (broad SMARTS) is 1. The molecule has 6 nitrogen and oxygen atoms in total. The van der Waals surface area contributed by atoms with Crippen LogP contribution in [0.1, 0.15) is 31.4 Å². The van der Waals surface area contributed by atoms with Crippen molar-refractivity contribution in [1.82, 2.24) is 9.78 Å². The predicted octanol–water partition coefficient (Wildman–Crippen LogP) is 2.30. The van der Waals surface area contributed by atoms with Crippen LogP contribution in [0.2, 0.25) is 0 Å². The summed E-state index contributed by atoms with van der Waals surface area (Å²) in [6.07, 6.45) is 2.54. The summed E-state index contributed by atoms with van der Waals surface area (Å²) in [6, 6.07) is 11.6.